The van der Waals surface area contributed by atoms with Gasteiger partial charge in [-0.15, -0.1) is 0 Å². The van der Waals surface area contributed by atoms with Gasteiger partial charge < -0.3 is 10.2 Å². The number of hydrogen-bond donors (Lipinski definition) is 4. The first kappa shape index (κ1) is 25.2. The molecule has 32 heavy (non-hydrogen) atoms. The fraction of sp³-hybridized carbons (Fsp3) is 0.200. The quantitative estimate of drug-likeness (QED) is 0.327. The zero-order valence-corrected chi connectivity index (χ0v) is 18.4. The molecule has 0 saturated carbocycles. The van der Waals surface area contributed by atoms with Gasteiger partial charge in [-0.2, -0.15) is 0 Å². The van der Waals surface area contributed by atoms with E-state index in [1.807, 2.05) is 0 Å². The largest absolute Gasteiger partial charge is 0.478 e. The summed E-state index contributed by atoms with van der Waals surface area (Å²) in [5.41, 5.74) is -1.04. The van der Waals surface area contributed by atoms with Gasteiger partial charge in [0.25, 0.3) is 0 Å². The van der Waals surface area contributed by atoms with Crippen molar-refractivity contribution in [1.29, 1.82) is 0 Å². The van der Waals surface area contributed by atoms with E-state index in [2.05, 4.69) is 9.44 Å². The SMILES string of the molecule is O=C(O)/C(CCNS(=O)(=O)c1ccccc1)=C(\CCNS(=O)(=O)c1ccccc1)C(=O)O. The van der Waals surface area contributed by atoms with Crippen LogP contribution in [0.3, 0.4) is 0 Å². The van der Waals surface area contributed by atoms with E-state index < -0.39 is 56.0 Å². The van der Waals surface area contributed by atoms with E-state index in [1.54, 1.807) is 12.1 Å². The highest BCUT2D eigenvalue weighted by Crippen LogP contribution is 2.15. The number of carboxylic acid groups (broad SMARTS) is 2. The Morgan fingerprint density at radius 2 is 0.938 bits per heavy atom. The van der Waals surface area contributed by atoms with Gasteiger partial charge in [-0.1, -0.05) is 36.4 Å². The molecule has 10 nitrogen and oxygen atoms in total. The Morgan fingerprint density at radius 1 is 0.625 bits per heavy atom. The highest BCUT2D eigenvalue weighted by Gasteiger charge is 2.22. The van der Waals surface area contributed by atoms with Crippen LogP contribution in [-0.2, 0) is 29.6 Å². The van der Waals surface area contributed by atoms with Crippen LogP contribution in [0.25, 0.3) is 0 Å². The van der Waals surface area contributed by atoms with Gasteiger partial charge in [0, 0.05) is 24.2 Å². The molecular weight excluding hydrogens is 460 g/mol. The molecule has 2 aromatic carbocycles. The van der Waals surface area contributed by atoms with Crippen LogP contribution in [0.2, 0.25) is 0 Å². The van der Waals surface area contributed by atoms with Gasteiger partial charge >= 0.3 is 11.9 Å². The summed E-state index contributed by atoms with van der Waals surface area (Å²) in [6.45, 7) is -0.712. The molecule has 0 heterocycles. The van der Waals surface area contributed by atoms with Crippen molar-refractivity contribution in [2.75, 3.05) is 13.1 Å². The van der Waals surface area contributed by atoms with Gasteiger partial charge in [-0.05, 0) is 37.1 Å². The number of sulfonamides is 2. The molecule has 0 aliphatic carbocycles. The lowest BCUT2D eigenvalue weighted by Crippen LogP contribution is -2.28. The summed E-state index contributed by atoms with van der Waals surface area (Å²) < 4.78 is 53.4. The Labute approximate surface area is 185 Å². The number of aliphatic carboxylic acids is 2. The van der Waals surface area contributed by atoms with Crippen molar-refractivity contribution in [1.82, 2.24) is 9.44 Å². The molecule has 0 spiro atoms. The van der Waals surface area contributed by atoms with Crippen molar-refractivity contribution in [3.05, 3.63) is 71.8 Å². The lowest BCUT2D eigenvalue weighted by Gasteiger charge is -2.11. The zero-order valence-electron chi connectivity index (χ0n) is 16.8. The van der Waals surface area contributed by atoms with Crippen molar-refractivity contribution < 1.29 is 36.6 Å². The lowest BCUT2D eigenvalue weighted by atomic mass is 10.0. The maximum Gasteiger partial charge on any atom is 0.332 e. The van der Waals surface area contributed by atoms with Gasteiger partial charge in [-0.25, -0.2) is 35.9 Å². The van der Waals surface area contributed by atoms with Gasteiger partial charge in [0.05, 0.1) is 9.79 Å². The summed E-state index contributed by atoms with van der Waals surface area (Å²) in [5, 5.41) is 18.9. The summed E-state index contributed by atoms with van der Waals surface area (Å²) in [5.74, 6) is -3.07. The van der Waals surface area contributed by atoms with E-state index in [4.69, 9.17) is 0 Å². The topological polar surface area (TPSA) is 167 Å². The first-order valence-electron chi connectivity index (χ1n) is 9.32. The second kappa shape index (κ2) is 11.0. The molecule has 0 aliphatic heterocycles. The van der Waals surface area contributed by atoms with Crippen molar-refractivity contribution >= 4 is 32.0 Å². The lowest BCUT2D eigenvalue weighted by molar-refractivity contribution is -0.136. The van der Waals surface area contributed by atoms with Crippen LogP contribution < -0.4 is 9.44 Å². The molecule has 0 aliphatic rings. The van der Waals surface area contributed by atoms with E-state index in [0.29, 0.717) is 0 Å². The average molecular weight is 483 g/mol. The molecule has 0 atom stereocenters. The fourth-order valence-corrected chi connectivity index (χ4v) is 4.87. The predicted molar refractivity (Wildman–Crippen MR) is 115 cm³/mol. The van der Waals surface area contributed by atoms with Gasteiger partial charge in [-0.3, -0.25) is 0 Å². The van der Waals surface area contributed by atoms with Crippen LogP contribution in [0.5, 0.6) is 0 Å². The number of rotatable bonds is 12. The highest BCUT2D eigenvalue weighted by atomic mass is 32.2. The summed E-state index contributed by atoms with van der Waals surface area (Å²) in [4.78, 5) is 23.2. The Hall–Kier alpha value is -3.06. The van der Waals surface area contributed by atoms with Crippen molar-refractivity contribution in [2.45, 2.75) is 22.6 Å². The molecule has 172 valence electrons. The standard InChI is InChI=1S/C20H22N2O8S2/c23-19(24)17(11-13-21-31(27,28)15-7-3-1-4-8-15)18(20(25)26)12-14-22-32(29,30)16-9-5-2-6-10-16/h1-10,21-22H,11-14H2,(H,23,24)(H,25,26)/b18-17+. The molecule has 0 amide bonds. The first-order chi connectivity index (χ1) is 15.0. The van der Waals surface area contributed by atoms with Crippen LogP contribution in [0.1, 0.15) is 12.8 Å². The fourth-order valence-electron chi connectivity index (χ4n) is 2.76. The monoisotopic (exact) mass is 482 g/mol. The predicted octanol–water partition coefficient (Wildman–Crippen LogP) is 1.19. The normalized spacial score (nSPS) is 12.8. The van der Waals surface area contributed by atoms with E-state index >= 15 is 0 Å². The number of carboxylic acids is 2. The van der Waals surface area contributed by atoms with Crippen LogP contribution in [0.4, 0.5) is 0 Å². The van der Waals surface area contributed by atoms with Gasteiger partial charge in [0.1, 0.15) is 0 Å². The molecule has 0 aromatic heterocycles. The Balaban J connectivity index is 2.10. The second-order valence-corrected chi connectivity index (χ2v) is 10.0. The molecule has 4 N–H and O–H groups in total. The zero-order chi connectivity index (χ0) is 23.8. The minimum absolute atomic E-state index is 0.0189. The van der Waals surface area contributed by atoms with Crippen LogP contribution in [0.15, 0.2) is 81.6 Å². The van der Waals surface area contributed by atoms with Crippen LogP contribution >= 0.6 is 0 Å². The van der Waals surface area contributed by atoms with E-state index in [1.165, 1.54) is 48.5 Å². The van der Waals surface area contributed by atoms with Crippen LogP contribution in [0, 0.1) is 0 Å². The van der Waals surface area contributed by atoms with E-state index in [0.717, 1.165) is 0 Å². The van der Waals surface area contributed by atoms with Crippen molar-refractivity contribution in [2.24, 2.45) is 0 Å². The summed E-state index contributed by atoms with van der Waals surface area (Å²) in [7, 11) is -7.80. The molecule has 12 heteroatoms. The molecular formula is C20H22N2O8S2. The molecule has 0 unspecified atom stereocenters. The molecule has 0 bridgehead atoms. The molecule has 0 fully saturated rings. The van der Waals surface area contributed by atoms with Gasteiger partial charge in [0.2, 0.25) is 20.0 Å². The minimum Gasteiger partial charge on any atom is -0.478 e. The maximum absolute atomic E-state index is 12.2. The van der Waals surface area contributed by atoms with Crippen molar-refractivity contribution in [3.8, 4) is 0 Å². The minimum atomic E-state index is -3.90. The summed E-state index contributed by atoms with van der Waals surface area (Å²) >= 11 is 0. The number of nitrogens with one attached hydrogen (secondary N) is 2. The molecule has 2 aromatic rings. The number of benzene rings is 2. The van der Waals surface area contributed by atoms with Crippen molar-refractivity contribution in [3.63, 3.8) is 0 Å². The Bertz CT molecular complexity index is 1100. The smallest absolute Gasteiger partial charge is 0.332 e. The van der Waals surface area contributed by atoms with Crippen LogP contribution in [-0.4, -0.2) is 52.1 Å². The molecule has 2 rings (SSSR count). The number of hydrogen-bond acceptors (Lipinski definition) is 6. The summed E-state index contributed by atoms with van der Waals surface area (Å²) in [6, 6.07) is 14.8. The maximum atomic E-state index is 12.2. The Kier molecular flexibility index (Phi) is 8.66. The number of carbonyl (C=O) groups is 2. The third kappa shape index (κ3) is 6.99. The van der Waals surface area contributed by atoms with E-state index in [-0.39, 0.29) is 22.9 Å². The van der Waals surface area contributed by atoms with E-state index in [9.17, 15) is 36.6 Å². The third-order valence-corrected chi connectivity index (χ3v) is 7.28. The first-order valence-corrected chi connectivity index (χ1v) is 12.3. The third-order valence-electron chi connectivity index (χ3n) is 4.32. The average Bonchev–Trinajstić information content (AvgIpc) is 2.75. The Morgan fingerprint density at radius 3 is 1.22 bits per heavy atom. The molecule has 0 radical (unpaired) electrons. The molecule has 0 saturated heterocycles. The highest BCUT2D eigenvalue weighted by molar-refractivity contribution is 7.89. The van der Waals surface area contributed by atoms with Gasteiger partial charge in [0.15, 0.2) is 0 Å². The summed E-state index contributed by atoms with van der Waals surface area (Å²) in [6.07, 6.45) is -0.817. The second-order valence-electron chi connectivity index (χ2n) is 6.49.